The van der Waals surface area contributed by atoms with Crippen LogP contribution in [0.1, 0.15) is 45.2 Å². The Labute approximate surface area is 222 Å². The van der Waals surface area contributed by atoms with Crippen molar-refractivity contribution < 1.29 is 26.2 Å². The largest absolute Gasteiger partial charge is 0.326 e. The van der Waals surface area contributed by atoms with Gasteiger partial charge in [0, 0.05) is 30.7 Å². The zero-order valence-electron chi connectivity index (χ0n) is 21.8. The van der Waals surface area contributed by atoms with Crippen LogP contribution in [0.2, 0.25) is 0 Å². The second kappa shape index (κ2) is 11.8. The highest BCUT2D eigenvalue weighted by molar-refractivity contribution is 7.88. The van der Waals surface area contributed by atoms with Crippen molar-refractivity contribution in [3.63, 3.8) is 0 Å². The lowest BCUT2D eigenvalue weighted by molar-refractivity contribution is -0.118. The number of carbonyl (C=O) groups excluding carboxylic acids is 1. The molecule has 13 heteroatoms. The van der Waals surface area contributed by atoms with Crippen molar-refractivity contribution in [2.24, 2.45) is 5.92 Å². The molecule has 1 fully saturated rings. The van der Waals surface area contributed by atoms with Crippen LogP contribution in [-0.2, 0) is 31.4 Å². The Bertz CT molecular complexity index is 1550. The summed E-state index contributed by atoms with van der Waals surface area (Å²) in [7, 11) is -7.60. The number of sulfonamides is 1. The minimum atomic E-state index is -4.35. The van der Waals surface area contributed by atoms with Gasteiger partial charge in [-0.2, -0.15) is 8.42 Å². The molecular weight excluding hydrogens is 532 g/mol. The van der Waals surface area contributed by atoms with Gasteiger partial charge < -0.3 is 10.3 Å². The number of piperidine rings is 1. The highest BCUT2D eigenvalue weighted by Gasteiger charge is 2.28. The number of nitrogens with one attached hydrogen (secondary N) is 2. The predicted molar refractivity (Wildman–Crippen MR) is 146 cm³/mol. The number of fused-ring (bicyclic) bond motifs is 1. The molecule has 0 saturated carbocycles. The van der Waals surface area contributed by atoms with Crippen molar-refractivity contribution in [1.29, 1.82) is 0 Å². The Morgan fingerprint density at radius 3 is 2.18 bits per heavy atom. The normalized spacial score (nSPS) is 15.3. The number of nitrogens with zero attached hydrogens (tertiary/aromatic N) is 2. The van der Waals surface area contributed by atoms with E-state index in [0.29, 0.717) is 37.0 Å². The number of anilines is 1. The minimum Gasteiger partial charge on any atom is -0.326 e. The number of benzene rings is 2. The molecule has 1 aliphatic rings. The minimum absolute atomic E-state index is 0.0286. The summed E-state index contributed by atoms with van der Waals surface area (Å²) in [4.78, 5) is 25.9. The fraction of sp³-hybridized carbons (Fsp3) is 0.440. The SMILES string of the molecule is CCc1ccc(NC(=O)C(C)C)cc1.CS(=O)(=O)N1CCC(n2c(=O)[nH]c3cc(S(=O)(=O)O)ccc32)CC1. The molecule has 2 heterocycles. The van der Waals surface area contributed by atoms with Crippen LogP contribution < -0.4 is 11.0 Å². The van der Waals surface area contributed by atoms with Crippen molar-refractivity contribution in [3.05, 3.63) is 58.5 Å². The highest BCUT2D eigenvalue weighted by Crippen LogP contribution is 2.27. The molecule has 1 aromatic heterocycles. The molecule has 208 valence electrons. The quantitative estimate of drug-likeness (QED) is 0.387. The molecule has 0 atom stereocenters. The summed E-state index contributed by atoms with van der Waals surface area (Å²) in [5, 5.41) is 2.85. The molecule has 4 rings (SSSR count). The van der Waals surface area contributed by atoms with E-state index >= 15 is 0 Å². The van der Waals surface area contributed by atoms with Gasteiger partial charge >= 0.3 is 5.69 Å². The molecule has 1 saturated heterocycles. The van der Waals surface area contributed by atoms with E-state index in [0.717, 1.165) is 18.4 Å². The summed E-state index contributed by atoms with van der Waals surface area (Å²) in [6.45, 7) is 6.53. The molecule has 0 aliphatic carbocycles. The van der Waals surface area contributed by atoms with Gasteiger partial charge in [0.2, 0.25) is 15.9 Å². The van der Waals surface area contributed by atoms with E-state index in [9.17, 15) is 26.4 Å². The summed E-state index contributed by atoms with van der Waals surface area (Å²) in [5.41, 5.74) is 2.59. The van der Waals surface area contributed by atoms with Crippen LogP contribution in [0.15, 0.2) is 52.2 Å². The maximum Gasteiger partial charge on any atom is 0.326 e. The van der Waals surface area contributed by atoms with Crippen LogP contribution in [-0.4, -0.2) is 60.5 Å². The molecule has 0 radical (unpaired) electrons. The average molecular weight is 567 g/mol. The second-order valence-electron chi connectivity index (χ2n) is 9.54. The number of aromatic amines is 1. The third kappa shape index (κ3) is 7.31. The number of H-pyrrole nitrogens is 1. The first-order valence-electron chi connectivity index (χ1n) is 12.3. The van der Waals surface area contributed by atoms with E-state index < -0.39 is 25.8 Å². The summed E-state index contributed by atoms with van der Waals surface area (Å²) in [6, 6.07) is 11.7. The number of carbonyl (C=O) groups is 1. The zero-order valence-corrected chi connectivity index (χ0v) is 23.5. The standard InChI is InChI=1S/C13H17N3O6S2.C12H17NO/c1-23(18,19)15-6-4-9(5-7-15)16-12-3-2-10(24(20,21)22)8-11(12)14-13(16)17;1-4-10-5-7-11(8-6-10)13-12(14)9(2)3/h2-3,8-9H,4-7H2,1H3,(H,14,17)(H,20,21,22);5-9H,4H2,1-3H3,(H,13,14). The fourth-order valence-corrected chi connectivity index (χ4v) is 5.56. The Morgan fingerprint density at radius 1 is 1.08 bits per heavy atom. The summed E-state index contributed by atoms with van der Waals surface area (Å²) in [6.07, 6.45) is 3.15. The first-order valence-corrected chi connectivity index (χ1v) is 15.6. The fourth-order valence-electron chi connectivity index (χ4n) is 4.18. The van der Waals surface area contributed by atoms with Gasteiger partial charge in [-0.25, -0.2) is 17.5 Å². The van der Waals surface area contributed by atoms with Crippen molar-refractivity contribution >= 4 is 42.8 Å². The Kier molecular flexibility index (Phi) is 9.18. The third-order valence-corrected chi connectivity index (χ3v) is 8.55. The topological polar surface area (TPSA) is 159 Å². The molecule has 2 aromatic carbocycles. The number of hydrogen-bond acceptors (Lipinski definition) is 6. The molecule has 38 heavy (non-hydrogen) atoms. The van der Waals surface area contributed by atoms with Gasteiger partial charge in [0.05, 0.1) is 22.2 Å². The molecule has 3 N–H and O–H groups in total. The number of rotatable bonds is 6. The van der Waals surface area contributed by atoms with Crippen molar-refractivity contribution in [3.8, 4) is 0 Å². The lowest BCUT2D eigenvalue weighted by Crippen LogP contribution is -2.39. The smallest absolute Gasteiger partial charge is 0.326 e. The monoisotopic (exact) mass is 566 g/mol. The molecule has 0 spiro atoms. The van der Waals surface area contributed by atoms with Crippen LogP contribution in [0.5, 0.6) is 0 Å². The van der Waals surface area contributed by atoms with Crippen LogP contribution in [0.25, 0.3) is 11.0 Å². The van der Waals surface area contributed by atoms with Gasteiger partial charge in [-0.1, -0.05) is 32.9 Å². The number of aromatic nitrogens is 2. The molecular formula is C25H34N4O7S2. The highest BCUT2D eigenvalue weighted by atomic mass is 32.2. The van der Waals surface area contributed by atoms with Gasteiger partial charge in [-0.15, -0.1) is 0 Å². The van der Waals surface area contributed by atoms with Gasteiger partial charge in [0.1, 0.15) is 0 Å². The van der Waals surface area contributed by atoms with Gasteiger partial charge in [0.15, 0.2) is 0 Å². The second-order valence-corrected chi connectivity index (χ2v) is 12.9. The lowest BCUT2D eigenvalue weighted by Gasteiger charge is -2.30. The van der Waals surface area contributed by atoms with E-state index in [1.807, 2.05) is 38.1 Å². The van der Waals surface area contributed by atoms with Crippen LogP contribution in [0.4, 0.5) is 5.69 Å². The summed E-state index contributed by atoms with van der Waals surface area (Å²) >= 11 is 0. The van der Waals surface area contributed by atoms with Crippen molar-refractivity contribution in [2.75, 3.05) is 24.7 Å². The maximum atomic E-state index is 12.2. The van der Waals surface area contributed by atoms with Crippen LogP contribution in [0.3, 0.4) is 0 Å². The van der Waals surface area contributed by atoms with E-state index in [1.165, 1.54) is 32.6 Å². The molecule has 0 bridgehead atoms. The first-order chi connectivity index (χ1) is 17.7. The Hall–Kier alpha value is -3.00. The summed E-state index contributed by atoms with van der Waals surface area (Å²) < 4.78 is 57.5. The van der Waals surface area contributed by atoms with Gasteiger partial charge in [0.25, 0.3) is 10.1 Å². The Morgan fingerprint density at radius 2 is 1.68 bits per heavy atom. The molecule has 1 aliphatic heterocycles. The summed E-state index contributed by atoms with van der Waals surface area (Å²) in [5.74, 6) is 0.0927. The Balaban J connectivity index is 0.000000244. The number of amides is 1. The van der Waals surface area contributed by atoms with Crippen LogP contribution >= 0.6 is 0 Å². The number of imidazole rings is 1. The van der Waals surface area contributed by atoms with Crippen LogP contribution in [0, 0.1) is 5.92 Å². The molecule has 1 amide bonds. The van der Waals surface area contributed by atoms with Crippen molar-refractivity contribution in [2.45, 2.75) is 51.0 Å². The lowest BCUT2D eigenvalue weighted by atomic mass is 10.1. The molecule has 0 unspecified atom stereocenters. The molecule has 11 nitrogen and oxygen atoms in total. The van der Waals surface area contributed by atoms with Crippen molar-refractivity contribution in [1.82, 2.24) is 13.9 Å². The van der Waals surface area contributed by atoms with Gasteiger partial charge in [-0.3, -0.25) is 13.9 Å². The van der Waals surface area contributed by atoms with E-state index in [4.69, 9.17) is 4.55 Å². The molecule has 3 aromatic rings. The first kappa shape index (κ1) is 29.6. The third-order valence-electron chi connectivity index (χ3n) is 6.40. The number of hydrogen-bond donors (Lipinski definition) is 3. The average Bonchev–Trinajstić information content (AvgIpc) is 3.18. The number of aryl methyl sites for hydroxylation is 1. The van der Waals surface area contributed by atoms with E-state index in [2.05, 4.69) is 17.2 Å². The van der Waals surface area contributed by atoms with Gasteiger partial charge in [-0.05, 0) is 55.2 Å². The van der Waals surface area contributed by atoms with E-state index in [1.54, 1.807) is 0 Å². The maximum absolute atomic E-state index is 12.2. The van der Waals surface area contributed by atoms with E-state index in [-0.39, 0.29) is 22.8 Å². The zero-order chi connectivity index (χ0) is 28.3. The predicted octanol–water partition coefficient (Wildman–Crippen LogP) is 3.02.